The van der Waals surface area contributed by atoms with Crippen molar-refractivity contribution in [1.82, 2.24) is 14.6 Å². The van der Waals surface area contributed by atoms with Gasteiger partial charge in [-0.05, 0) is 30.3 Å². The van der Waals surface area contributed by atoms with Gasteiger partial charge in [0.25, 0.3) is 11.9 Å². The highest BCUT2D eigenvalue weighted by molar-refractivity contribution is 9.10. The van der Waals surface area contributed by atoms with Gasteiger partial charge in [-0.1, -0.05) is 34.1 Å². The van der Waals surface area contributed by atoms with Gasteiger partial charge >= 0.3 is 0 Å². The molecule has 0 unspecified atom stereocenters. The molecule has 0 radical (unpaired) electrons. The van der Waals surface area contributed by atoms with Gasteiger partial charge in [0, 0.05) is 21.0 Å². The highest BCUT2D eigenvalue weighted by Gasteiger charge is 2.16. The van der Waals surface area contributed by atoms with E-state index in [1.807, 2.05) is 35.7 Å². The number of fused-ring (bicyclic) bond motifs is 1. The molecule has 130 valence electrons. The van der Waals surface area contributed by atoms with Gasteiger partial charge < -0.3 is 4.74 Å². The maximum Gasteiger partial charge on any atom is 0.258 e. The van der Waals surface area contributed by atoms with Crippen molar-refractivity contribution in [2.45, 2.75) is 0 Å². The number of benzene rings is 2. The fourth-order valence-corrected chi connectivity index (χ4v) is 3.80. The summed E-state index contributed by atoms with van der Waals surface area (Å²) in [7, 11) is 1.63. The second kappa shape index (κ2) is 6.89. The highest BCUT2D eigenvalue weighted by Crippen LogP contribution is 2.32. The van der Waals surface area contributed by atoms with Crippen LogP contribution < -0.4 is 10.1 Å². The van der Waals surface area contributed by atoms with Gasteiger partial charge in [-0.25, -0.2) is 4.52 Å². The molecule has 4 rings (SSSR count). The zero-order valence-corrected chi connectivity index (χ0v) is 16.0. The summed E-state index contributed by atoms with van der Waals surface area (Å²) >= 11 is 4.81. The van der Waals surface area contributed by atoms with Crippen molar-refractivity contribution in [3.63, 3.8) is 0 Å². The Kier molecular flexibility index (Phi) is 4.44. The van der Waals surface area contributed by atoms with Crippen LogP contribution in [0.3, 0.4) is 0 Å². The number of amides is 1. The summed E-state index contributed by atoms with van der Waals surface area (Å²) in [6.07, 6.45) is 0. The Bertz CT molecular complexity index is 1110. The van der Waals surface area contributed by atoms with Crippen molar-refractivity contribution in [1.29, 1.82) is 0 Å². The molecule has 2 heterocycles. The third-order valence-corrected chi connectivity index (χ3v) is 5.09. The van der Waals surface area contributed by atoms with Crippen molar-refractivity contribution in [3.05, 3.63) is 63.9 Å². The molecule has 0 atom stereocenters. The number of aromatic nitrogens is 3. The van der Waals surface area contributed by atoms with Crippen LogP contribution in [0.5, 0.6) is 5.75 Å². The first-order valence-electron chi connectivity index (χ1n) is 7.70. The normalized spacial score (nSPS) is 10.8. The Morgan fingerprint density at radius 2 is 2.08 bits per heavy atom. The van der Waals surface area contributed by atoms with E-state index in [4.69, 9.17) is 4.74 Å². The third kappa shape index (κ3) is 3.09. The van der Waals surface area contributed by atoms with Crippen LogP contribution in [0.25, 0.3) is 16.2 Å². The number of methoxy groups -OCH3 is 1. The molecule has 0 saturated carbocycles. The van der Waals surface area contributed by atoms with Crippen LogP contribution in [-0.2, 0) is 0 Å². The van der Waals surface area contributed by atoms with E-state index in [2.05, 4.69) is 31.3 Å². The van der Waals surface area contributed by atoms with E-state index in [0.717, 1.165) is 21.5 Å². The zero-order chi connectivity index (χ0) is 18.1. The maximum atomic E-state index is 12.4. The largest absolute Gasteiger partial charge is 0.496 e. The summed E-state index contributed by atoms with van der Waals surface area (Å²) in [5.41, 5.74) is 2.30. The SMILES string of the molecule is COc1ccccc1-c1csc2nc(NC(=O)c3cccc(Br)c3)nn12. The summed E-state index contributed by atoms with van der Waals surface area (Å²) in [5.74, 6) is 0.754. The third-order valence-electron chi connectivity index (χ3n) is 3.78. The minimum absolute atomic E-state index is 0.261. The minimum Gasteiger partial charge on any atom is -0.496 e. The Balaban J connectivity index is 1.67. The lowest BCUT2D eigenvalue weighted by molar-refractivity contribution is 0.102. The molecule has 26 heavy (non-hydrogen) atoms. The molecular weight excluding hydrogens is 416 g/mol. The number of carbonyl (C=O) groups is 1. The molecule has 4 aromatic rings. The van der Waals surface area contributed by atoms with Gasteiger partial charge in [0.05, 0.1) is 12.8 Å². The molecule has 0 aliphatic rings. The Hall–Kier alpha value is -2.71. The van der Waals surface area contributed by atoms with Crippen molar-refractivity contribution in [2.75, 3.05) is 12.4 Å². The van der Waals surface area contributed by atoms with Crippen LogP contribution in [0.1, 0.15) is 10.4 Å². The molecule has 1 amide bonds. The summed E-state index contributed by atoms with van der Waals surface area (Å²) < 4.78 is 7.97. The number of anilines is 1. The molecule has 0 bridgehead atoms. The lowest BCUT2D eigenvalue weighted by atomic mass is 10.1. The predicted octanol–water partition coefficient (Wildman–Crippen LogP) is 4.48. The summed E-state index contributed by atoms with van der Waals surface area (Å²) in [6, 6.07) is 14.9. The van der Waals surface area contributed by atoms with E-state index < -0.39 is 0 Å². The smallest absolute Gasteiger partial charge is 0.258 e. The van der Waals surface area contributed by atoms with Gasteiger partial charge in [-0.2, -0.15) is 4.98 Å². The van der Waals surface area contributed by atoms with E-state index in [0.29, 0.717) is 10.5 Å². The quantitative estimate of drug-likeness (QED) is 0.520. The topological polar surface area (TPSA) is 68.5 Å². The molecule has 8 heteroatoms. The lowest BCUT2D eigenvalue weighted by Gasteiger charge is -2.06. The number of ether oxygens (including phenoxy) is 1. The number of hydrogen-bond acceptors (Lipinski definition) is 5. The molecule has 0 aliphatic carbocycles. The van der Waals surface area contributed by atoms with Crippen LogP contribution >= 0.6 is 27.3 Å². The van der Waals surface area contributed by atoms with Gasteiger partial charge in [0.1, 0.15) is 5.75 Å². The number of nitrogens with zero attached hydrogens (tertiary/aromatic N) is 3. The van der Waals surface area contributed by atoms with E-state index in [1.54, 1.807) is 29.8 Å². The van der Waals surface area contributed by atoms with Crippen LogP contribution in [0.2, 0.25) is 0 Å². The average Bonchev–Trinajstić information content (AvgIpc) is 3.21. The van der Waals surface area contributed by atoms with E-state index >= 15 is 0 Å². The lowest BCUT2D eigenvalue weighted by Crippen LogP contribution is -2.13. The molecular formula is C18H13BrN4O2S. The van der Waals surface area contributed by atoms with Crippen molar-refractivity contribution >= 4 is 44.1 Å². The Morgan fingerprint density at radius 3 is 2.88 bits per heavy atom. The van der Waals surface area contributed by atoms with E-state index in [-0.39, 0.29) is 11.9 Å². The van der Waals surface area contributed by atoms with Gasteiger partial charge in [0.15, 0.2) is 0 Å². The molecule has 0 aliphatic heterocycles. The summed E-state index contributed by atoms with van der Waals surface area (Å²) in [6.45, 7) is 0. The number of para-hydroxylation sites is 1. The summed E-state index contributed by atoms with van der Waals surface area (Å²) in [4.78, 5) is 17.5. The first-order valence-corrected chi connectivity index (χ1v) is 9.37. The number of halogens is 1. The van der Waals surface area contributed by atoms with Crippen LogP contribution in [0.15, 0.2) is 58.4 Å². The standard InChI is InChI=1S/C18H13BrN4O2S/c1-25-15-8-3-2-7-13(15)14-10-26-18-21-17(22-23(14)18)20-16(24)11-5-4-6-12(19)9-11/h2-10H,1H3,(H,20,22,24). The van der Waals surface area contributed by atoms with Crippen molar-refractivity contribution in [2.24, 2.45) is 0 Å². The Labute approximate surface area is 161 Å². The van der Waals surface area contributed by atoms with Gasteiger partial charge in [0.2, 0.25) is 4.96 Å². The van der Waals surface area contributed by atoms with Crippen molar-refractivity contribution in [3.8, 4) is 17.0 Å². The first kappa shape index (κ1) is 16.7. The zero-order valence-electron chi connectivity index (χ0n) is 13.6. The number of nitrogens with one attached hydrogen (secondary N) is 1. The molecule has 0 fully saturated rings. The summed E-state index contributed by atoms with van der Waals surface area (Å²) in [5, 5.41) is 9.14. The first-order chi connectivity index (χ1) is 12.7. The molecule has 2 aromatic carbocycles. The van der Waals surface area contributed by atoms with Gasteiger partial charge in [-0.15, -0.1) is 16.4 Å². The van der Waals surface area contributed by atoms with E-state index in [1.165, 1.54) is 11.3 Å². The number of rotatable bonds is 4. The van der Waals surface area contributed by atoms with Crippen molar-refractivity contribution < 1.29 is 9.53 Å². The number of thiazole rings is 1. The maximum absolute atomic E-state index is 12.4. The molecule has 1 N–H and O–H groups in total. The van der Waals surface area contributed by atoms with E-state index in [9.17, 15) is 4.79 Å². The number of carbonyl (C=O) groups excluding carboxylic acids is 1. The monoisotopic (exact) mass is 428 g/mol. The molecule has 2 aromatic heterocycles. The second-order valence-corrected chi connectivity index (χ2v) is 7.17. The van der Waals surface area contributed by atoms with Gasteiger partial charge in [-0.3, -0.25) is 10.1 Å². The fraction of sp³-hybridized carbons (Fsp3) is 0.0556. The number of hydrogen-bond donors (Lipinski definition) is 1. The van der Waals surface area contributed by atoms with Crippen LogP contribution in [-0.4, -0.2) is 27.6 Å². The second-order valence-electron chi connectivity index (χ2n) is 5.42. The average molecular weight is 429 g/mol. The predicted molar refractivity (Wildman–Crippen MR) is 105 cm³/mol. The fourth-order valence-electron chi connectivity index (χ4n) is 2.58. The van der Waals surface area contributed by atoms with Crippen LogP contribution in [0, 0.1) is 0 Å². The highest BCUT2D eigenvalue weighted by atomic mass is 79.9. The minimum atomic E-state index is -0.261. The molecule has 0 spiro atoms. The molecule has 6 nitrogen and oxygen atoms in total. The molecule has 0 saturated heterocycles. The Morgan fingerprint density at radius 1 is 1.23 bits per heavy atom. The van der Waals surface area contributed by atoms with Crippen LogP contribution in [0.4, 0.5) is 5.95 Å².